The van der Waals surface area contributed by atoms with Gasteiger partial charge < -0.3 is 21.2 Å². The van der Waals surface area contributed by atoms with Gasteiger partial charge in [-0.25, -0.2) is 4.79 Å². The van der Waals surface area contributed by atoms with Gasteiger partial charge in [-0.3, -0.25) is 0 Å². The van der Waals surface area contributed by atoms with Crippen molar-refractivity contribution in [1.82, 2.24) is 5.32 Å². The Morgan fingerprint density at radius 3 is 2.58 bits per heavy atom. The summed E-state index contributed by atoms with van der Waals surface area (Å²) in [5.74, 6) is -0.848. The van der Waals surface area contributed by atoms with Crippen molar-refractivity contribution in [3.05, 3.63) is 34.4 Å². The molecule has 5 N–H and O–H groups in total. The number of benzene rings is 1. The summed E-state index contributed by atoms with van der Waals surface area (Å²) in [6.07, 6.45) is 6.09. The van der Waals surface area contributed by atoms with E-state index in [1.54, 1.807) is 13.9 Å². The Labute approximate surface area is 156 Å². The third-order valence-electron chi connectivity index (χ3n) is 6.64. The second-order valence-electron chi connectivity index (χ2n) is 8.38. The third-order valence-corrected chi connectivity index (χ3v) is 6.64. The Kier molecular flexibility index (Phi) is 5.21. The molecule has 1 aromatic carbocycles. The Bertz CT molecular complexity index is 703. The van der Waals surface area contributed by atoms with Gasteiger partial charge in [-0.05, 0) is 80.6 Å². The fraction of sp³-hybridized carbons (Fsp3) is 0.650. The number of hydrogen-bond donors (Lipinski definition) is 4. The molecule has 26 heavy (non-hydrogen) atoms. The van der Waals surface area contributed by atoms with Crippen LogP contribution in [0.4, 0.5) is 0 Å². The van der Waals surface area contributed by atoms with Gasteiger partial charge in [-0.1, -0.05) is 25.4 Å². The average molecular weight is 358 g/mol. The molecule has 142 valence electrons. The Balaban J connectivity index is 2.00. The highest BCUT2D eigenvalue weighted by atomic mass is 16.4. The molecule has 0 aliphatic heterocycles. The zero-order valence-electron chi connectivity index (χ0n) is 16.1. The van der Waals surface area contributed by atoms with E-state index in [2.05, 4.69) is 24.4 Å². The first kappa shape index (κ1) is 19.4. The van der Waals surface area contributed by atoms with E-state index in [1.165, 1.54) is 5.56 Å². The van der Waals surface area contributed by atoms with Crippen LogP contribution in [0.2, 0.25) is 13.1 Å². The summed E-state index contributed by atoms with van der Waals surface area (Å²) in [6.45, 7) is 3.52. The monoisotopic (exact) mass is 358 g/mol. The van der Waals surface area contributed by atoms with Crippen LogP contribution in [0.15, 0.2) is 12.1 Å². The third kappa shape index (κ3) is 2.98. The number of fused-ring (bicyclic) bond motifs is 1. The minimum Gasteiger partial charge on any atom is -0.480 e. The van der Waals surface area contributed by atoms with E-state index in [0.29, 0.717) is 6.32 Å². The quantitative estimate of drug-likeness (QED) is 0.562. The molecule has 5 nitrogen and oxygen atoms in total. The maximum Gasteiger partial charge on any atom is 0.328 e. The number of nitrogens with two attached hydrogens (primary N) is 1. The lowest BCUT2D eigenvalue weighted by atomic mass is 9.66. The standard InChI is InChI=1S/C20H31BN2O3/c1-13-10-14-11-15(6-4-9-21(2)26)20(23-3,18(24)25)17(14)12-16(13)19(22)7-5-8-19/h10,12,15,23,26H,4-9,11,22H2,1-3H3,(H,24,25)/t15-,20+/m0/s1. The topological polar surface area (TPSA) is 95.6 Å². The number of likely N-dealkylation sites (N-methyl/N-ethyl adjacent to an activating group) is 1. The Morgan fingerprint density at radius 2 is 2.08 bits per heavy atom. The van der Waals surface area contributed by atoms with Gasteiger partial charge in [-0.15, -0.1) is 0 Å². The number of aliphatic carboxylic acids is 1. The number of carboxylic acid groups (broad SMARTS) is 1. The van der Waals surface area contributed by atoms with Crippen LogP contribution in [-0.4, -0.2) is 30.1 Å². The Morgan fingerprint density at radius 1 is 1.38 bits per heavy atom. The van der Waals surface area contributed by atoms with Crippen LogP contribution in [0.25, 0.3) is 0 Å². The first-order valence-corrected chi connectivity index (χ1v) is 9.78. The van der Waals surface area contributed by atoms with Gasteiger partial charge in [0.2, 0.25) is 0 Å². The molecule has 0 amide bonds. The molecule has 2 aliphatic carbocycles. The molecule has 0 heterocycles. The predicted octanol–water partition coefficient (Wildman–Crippen LogP) is 2.40. The number of hydrogen-bond acceptors (Lipinski definition) is 4. The van der Waals surface area contributed by atoms with Crippen molar-refractivity contribution in [3.8, 4) is 0 Å². The van der Waals surface area contributed by atoms with Gasteiger partial charge >= 0.3 is 5.97 Å². The summed E-state index contributed by atoms with van der Waals surface area (Å²) in [6, 6.07) is 4.23. The van der Waals surface area contributed by atoms with Crippen LogP contribution in [0.5, 0.6) is 0 Å². The number of nitrogens with one attached hydrogen (secondary N) is 1. The summed E-state index contributed by atoms with van der Waals surface area (Å²) < 4.78 is 0. The molecule has 2 atom stereocenters. The van der Waals surface area contributed by atoms with Crippen molar-refractivity contribution >= 4 is 12.9 Å². The van der Waals surface area contributed by atoms with E-state index in [0.717, 1.165) is 55.2 Å². The first-order chi connectivity index (χ1) is 12.2. The van der Waals surface area contributed by atoms with Gasteiger partial charge in [-0.2, -0.15) is 0 Å². The van der Waals surface area contributed by atoms with Gasteiger partial charge in [0.25, 0.3) is 6.92 Å². The van der Waals surface area contributed by atoms with Crippen LogP contribution in [0.3, 0.4) is 0 Å². The van der Waals surface area contributed by atoms with E-state index in [9.17, 15) is 14.9 Å². The summed E-state index contributed by atoms with van der Waals surface area (Å²) in [5, 5.41) is 22.9. The summed E-state index contributed by atoms with van der Waals surface area (Å²) >= 11 is 0. The Hall–Kier alpha value is -1.37. The second kappa shape index (κ2) is 6.99. The minimum absolute atomic E-state index is 0.0245. The molecule has 1 fully saturated rings. The SMILES string of the molecule is CN[C@@]1(C(=O)O)c2cc(C3(N)CCC3)c(C)cc2C[C@@H]1CCCB(C)O. The van der Waals surface area contributed by atoms with Crippen LogP contribution in [0.1, 0.15) is 54.4 Å². The second-order valence-corrected chi connectivity index (χ2v) is 8.38. The molecule has 1 aromatic rings. The summed E-state index contributed by atoms with van der Waals surface area (Å²) in [7, 11) is 1.74. The van der Waals surface area contributed by atoms with Crippen molar-refractivity contribution in [1.29, 1.82) is 0 Å². The van der Waals surface area contributed by atoms with Crippen molar-refractivity contribution in [2.24, 2.45) is 11.7 Å². The zero-order chi connectivity index (χ0) is 19.1. The molecule has 3 rings (SSSR count). The normalized spacial score (nSPS) is 26.3. The lowest BCUT2D eigenvalue weighted by Crippen LogP contribution is -2.51. The van der Waals surface area contributed by atoms with Crippen LogP contribution in [-0.2, 0) is 22.3 Å². The molecule has 6 heteroatoms. The van der Waals surface area contributed by atoms with Crippen LogP contribution in [0, 0.1) is 12.8 Å². The molecule has 1 saturated carbocycles. The number of carboxylic acids is 1. The highest BCUT2D eigenvalue weighted by Crippen LogP contribution is 2.48. The van der Waals surface area contributed by atoms with Gasteiger partial charge in [0.05, 0.1) is 0 Å². The van der Waals surface area contributed by atoms with E-state index in [-0.39, 0.29) is 18.4 Å². The fourth-order valence-electron chi connectivity index (χ4n) is 5.02. The van der Waals surface area contributed by atoms with Crippen LogP contribution < -0.4 is 11.1 Å². The van der Waals surface area contributed by atoms with Crippen molar-refractivity contribution in [2.45, 2.75) is 69.7 Å². The number of aryl methyl sites for hydroxylation is 1. The van der Waals surface area contributed by atoms with Crippen molar-refractivity contribution in [3.63, 3.8) is 0 Å². The molecule has 0 aromatic heterocycles. The van der Waals surface area contributed by atoms with E-state index >= 15 is 0 Å². The molecule has 2 aliphatic rings. The molecule has 0 spiro atoms. The highest BCUT2D eigenvalue weighted by Gasteiger charge is 2.52. The van der Waals surface area contributed by atoms with E-state index < -0.39 is 11.5 Å². The lowest BCUT2D eigenvalue weighted by molar-refractivity contribution is -0.147. The average Bonchev–Trinajstić information content (AvgIpc) is 2.84. The largest absolute Gasteiger partial charge is 0.480 e. The smallest absolute Gasteiger partial charge is 0.328 e. The van der Waals surface area contributed by atoms with Crippen molar-refractivity contribution < 1.29 is 14.9 Å². The molecule has 0 bridgehead atoms. The van der Waals surface area contributed by atoms with E-state index in [1.807, 2.05) is 0 Å². The number of carbonyl (C=O) groups is 1. The zero-order valence-corrected chi connectivity index (χ0v) is 16.1. The van der Waals surface area contributed by atoms with Crippen LogP contribution >= 0.6 is 0 Å². The van der Waals surface area contributed by atoms with E-state index in [4.69, 9.17) is 5.73 Å². The predicted molar refractivity (Wildman–Crippen MR) is 104 cm³/mol. The minimum atomic E-state index is -1.07. The fourth-order valence-corrected chi connectivity index (χ4v) is 5.02. The summed E-state index contributed by atoms with van der Waals surface area (Å²) in [5.41, 5.74) is 9.48. The molecule has 0 radical (unpaired) electrons. The molecule has 0 unspecified atom stereocenters. The maximum absolute atomic E-state index is 12.4. The highest BCUT2D eigenvalue weighted by molar-refractivity contribution is 6.48. The molecule has 0 saturated heterocycles. The molecular weight excluding hydrogens is 327 g/mol. The first-order valence-electron chi connectivity index (χ1n) is 9.78. The van der Waals surface area contributed by atoms with Gasteiger partial charge in [0.1, 0.15) is 5.54 Å². The van der Waals surface area contributed by atoms with Gasteiger partial charge in [0, 0.05) is 5.54 Å². The van der Waals surface area contributed by atoms with Crippen molar-refractivity contribution in [2.75, 3.05) is 7.05 Å². The number of rotatable bonds is 7. The van der Waals surface area contributed by atoms with Gasteiger partial charge in [0.15, 0.2) is 0 Å². The maximum atomic E-state index is 12.4. The summed E-state index contributed by atoms with van der Waals surface area (Å²) in [4.78, 5) is 12.4. The molecular formula is C20H31BN2O3. The lowest BCUT2D eigenvalue weighted by Gasteiger charge is -2.40.